The molecule has 1 aromatic carbocycles. The normalized spacial score (nSPS) is 11.1. The van der Waals surface area contributed by atoms with Gasteiger partial charge in [-0.3, -0.25) is 0 Å². The zero-order valence-electron chi connectivity index (χ0n) is 10.7. The molecule has 0 fully saturated rings. The maximum absolute atomic E-state index is 9.36. The maximum Gasteiger partial charge on any atom is 0.0942 e. The fourth-order valence-electron chi connectivity index (χ4n) is 1.66. The molecule has 1 aromatic heterocycles. The zero-order chi connectivity index (χ0) is 13.0. The molecule has 0 saturated heterocycles. The first-order valence-electron chi connectivity index (χ1n) is 5.65. The first kappa shape index (κ1) is 19.0. The standard InChI is InChI=1S/C13H16N2O2S.2ClH/c14-10-1-2-13(15-6-11(17)7-16)12(5-10)9-3-4-18-8-9;;/h1-5,8,11,15-17H,6-7,14H2;2*1H. The highest BCUT2D eigenvalue weighted by Crippen LogP contribution is 2.31. The summed E-state index contributed by atoms with van der Waals surface area (Å²) < 4.78 is 0. The molecule has 7 heteroatoms. The SMILES string of the molecule is Cl.Cl.Nc1ccc(NCC(O)CO)c(-c2ccsc2)c1. The average molecular weight is 337 g/mol. The van der Waals surface area contributed by atoms with Crippen LogP contribution in [0.5, 0.6) is 0 Å². The van der Waals surface area contributed by atoms with Crippen LogP contribution in [-0.4, -0.2) is 29.5 Å². The van der Waals surface area contributed by atoms with Crippen molar-refractivity contribution in [1.29, 1.82) is 0 Å². The lowest BCUT2D eigenvalue weighted by atomic mass is 10.1. The van der Waals surface area contributed by atoms with E-state index in [2.05, 4.69) is 5.32 Å². The third-order valence-electron chi connectivity index (χ3n) is 2.61. The summed E-state index contributed by atoms with van der Waals surface area (Å²) in [6.07, 6.45) is -0.766. The third-order valence-corrected chi connectivity index (χ3v) is 3.30. The second-order valence-corrected chi connectivity index (χ2v) is 4.81. The number of hydrogen-bond donors (Lipinski definition) is 4. The van der Waals surface area contributed by atoms with E-state index in [4.69, 9.17) is 10.8 Å². The summed E-state index contributed by atoms with van der Waals surface area (Å²) in [5, 5.41) is 25.3. The van der Waals surface area contributed by atoms with Crippen LogP contribution in [0.25, 0.3) is 11.1 Å². The monoisotopic (exact) mass is 336 g/mol. The van der Waals surface area contributed by atoms with E-state index in [-0.39, 0.29) is 31.4 Å². The smallest absolute Gasteiger partial charge is 0.0942 e. The molecule has 0 radical (unpaired) electrons. The van der Waals surface area contributed by atoms with Crippen LogP contribution in [0.1, 0.15) is 0 Å². The Morgan fingerprint density at radius 3 is 2.60 bits per heavy atom. The Morgan fingerprint density at radius 2 is 2.00 bits per heavy atom. The molecule has 0 aliphatic heterocycles. The molecule has 0 aliphatic carbocycles. The lowest BCUT2D eigenvalue weighted by molar-refractivity contribution is 0.105. The summed E-state index contributed by atoms with van der Waals surface area (Å²) >= 11 is 1.62. The molecular formula is C13H18Cl2N2O2S. The first-order chi connectivity index (χ1) is 8.70. The van der Waals surface area contributed by atoms with E-state index in [0.29, 0.717) is 12.2 Å². The molecule has 5 N–H and O–H groups in total. The highest BCUT2D eigenvalue weighted by atomic mass is 35.5. The number of benzene rings is 1. The van der Waals surface area contributed by atoms with Crippen molar-refractivity contribution in [3.63, 3.8) is 0 Å². The van der Waals surface area contributed by atoms with Crippen LogP contribution in [0.4, 0.5) is 11.4 Å². The molecule has 0 saturated carbocycles. The Balaban J connectivity index is 0.00000180. The van der Waals surface area contributed by atoms with E-state index >= 15 is 0 Å². The van der Waals surface area contributed by atoms with Gasteiger partial charge in [0.15, 0.2) is 0 Å². The van der Waals surface area contributed by atoms with Gasteiger partial charge in [0.2, 0.25) is 0 Å². The van der Waals surface area contributed by atoms with Crippen LogP contribution in [0.3, 0.4) is 0 Å². The minimum atomic E-state index is -0.766. The number of thiophene rings is 1. The van der Waals surface area contributed by atoms with Gasteiger partial charge >= 0.3 is 0 Å². The Bertz CT molecular complexity index is 509. The summed E-state index contributed by atoms with van der Waals surface area (Å²) in [6, 6.07) is 7.61. The van der Waals surface area contributed by atoms with Crippen molar-refractivity contribution in [3.05, 3.63) is 35.0 Å². The van der Waals surface area contributed by atoms with Gasteiger partial charge < -0.3 is 21.3 Å². The molecule has 2 aromatic rings. The van der Waals surface area contributed by atoms with Gasteiger partial charge in [0.1, 0.15) is 0 Å². The second-order valence-electron chi connectivity index (χ2n) is 4.03. The van der Waals surface area contributed by atoms with Gasteiger partial charge in [0.05, 0.1) is 12.7 Å². The number of nitrogen functional groups attached to an aromatic ring is 1. The molecule has 0 amide bonds. The van der Waals surface area contributed by atoms with Gasteiger partial charge in [-0.15, -0.1) is 24.8 Å². The fourth-order valence-corrected chi connectivity index (χ4v) is 2.32. The van der Waals surface area contributed by atoms with E-state index in [1.807, 2.05) is 35.0 Å². The number of aliphatic hydroxyl groups is 2. The molecule has 1 unspecified atom stereocenters. The highest BCUT2D eigenvalue weighted by molar-refractivity contribution is 7.08. The van der Waals surface area contributed by atoms with Gasteiger partial charge in [0.25, 0.3) is 0 Å². The van der Waals surface area contributed by atoms with E-state index in [1.165, 1.54) is 0 Å². The molecule has 0 bridgehead atoms. The van der Waals surface area contributed by atoms with Crippen molar-refractivity contribution in [2.24, 2.45) is 0 Å². The number of rotatable bonds is 5. The number of nitrogens with one attached hydrogen (secondary N) is 1. The molecule has 0 spiro atoms. The summed E-state index contributed by atoms with van der Waals surface area (Å²) in [4.78, 5) is 0. The van der Waals surface area contributed by atoms with Crippen molar-refractivity contribution < 1.29 is 10.2 Å². The van der Waals surface area contributed by atoms with E-state index in [9.17, 15) is 5.11 Å². The van der Waals surface area contributed by atoms with Gasteiger partial charge in [-0.05, 0) is 40.6 Å². The molecule has 0 aliphatic rings. The fraction of sp³-hybridized carbons (Fsp3) is 0.231. The van der Waals surface area contributed by atoms with Gasteiger partial charge in [-0.1, -0.05) is 0 Å². The average Bonchev–Trinajstić information content (AvgIpc) is 2.90. The van der Waals surface area contributed by atoms with Crippen LogP contribution < -0.4 is 11.1 Å². The third kappa shape index (κ3) is 4.85. The first-order valence-corrected chi connectivity index (χ1v) is 6.60. The topological polar surface area (TPSA) is 78.5 Å². The molecule has 20 heavy (non-hydrogen) atoms. The number of halogens is 2. The minimum Gasteiger partial charge on any atom is -0.399 e. The number of anilines is 2. The van der Waals surface area contributed by atoms with Crippen molar-refractivity contribution >= 4 is 47.5 Å². The van der Waals surface area contributed by atoms with E-state index < -0.39 is 6.10 Å². The Hall–Kier alpha value is -0.980. The van der Waals surface area contributed by atoms with Gasteiger partial charge in [0, 0.05) is 23.5 Å². The van der Waals surface area contributed by atoms with Crippen LogP contribution in [0.2, 0.25) is 0 Å². The van der Waals surface area contributed by atoms with Gasteiger partial charge in [-0.2, -0.15) is 11.3 Å². The summed E-state index contributed by atoms with van der Waals surface area (Å²) in [6.45, 7) is 0.0489. The summed E-state index contributed by atoms with van der Waals surface area (Å²) in [5.41, 5.74) is 9.49. The van der Waals surface area contributed by atoms with Gasteiger partial charge in [-0.25, -0.2) is 0 Å². The highest BCUT2D eigenvalue weighted by Gasteiger charge is 2.08. The molecule has 1 atom stereocenters. The van der Waals surface area contributed by atoms with Crippen molar-refractivity contribution in [2.45, 2.75) is 6.10 Å². The lowest BCUT2D eigenvalue weighted by Gasteiger charge is -2.14. The van der Waals surface area contributed by atoms with Crippen LogP contribution in [-0.2, 0) is 0 Å². The predicted molar refractivity (Wildman–Crippen MR) is 90.2 cm³/mol. The Kier molecular flexibility index (Phi) is 8.60. The van der Waals surface area contributed by atoms with E-state index in [0.717, 1.165) is 16.8 Å². The van der Waals surface area contributed by atoms with Crippen molar-refractivity contribution in [3.8, 4) is 11.1 Å². The molecule has 4 nitrogen and oxygen atoms in total. The zero-order valence-corrected chi connectivity index (χ0v) is 13.1. The minimum absolute atomic E-state index is 0. The van der Waals surface area contributed by atoms with Crippen molar-refractivity contribution in [1.82, 2.24) is 0 Å². The number of nitrogens with two attached hydrogens (primary N) is 1. The summed E-state index contributed by atoms with van der Waals surface area (Å²) in [7, 11) is 0. The Morgan fingerprint density at radius 1 is 1.25 bits per heavy atom. The lowest BCUT2D eigenvalue weighted by Crippen LogP contribution is -2.23. The maximum atomic E-state index is 9.36. The van der Waals surface area contributed by atoms with Crippen LogP contribution >= 0.6 is 36.2 Å². The van der Waals surface area contributed by atoms with Crippen molar-refractivity contribution in [2.75, 3.05) is 24.2 Å². The molecular weight excluding hydrogens is 319 g/mol. The molecule has 112 valence electrons. The quantitative estimate of drug-likeness (QED) is 0.633. The summed E-state index contributed by atoms with van der Waals surface area (Å²) in [5.74, 6) is 0. The molecule has 2 rings (SSSR count). The molecule has 1 heterocycles. The van der Waals surface area contributed by atoms with Crippen LogP contribution in [0, 0.1) is 0 Å². The largest absolute Gasteiger partial charge is 0.399 e. The number of hydrogen-bond acceptors (Lipinski definition) is 5. The predicted octanol–water partition coefficient (Wildman–Crippen LogP) is 2.61. The van der Waals surface area contributed by atoms with Crippen LogP contribution in [0.15, 0.2) is 35.0 Å². The van der Waals surface area contributed by atoms with E-state index in [1.54, 1.807) is 11.3 Å². The Labute approximate surface area is 134 Å². The second kappa shape index (κ2) is 9.05. The number of aliphatic hydroxyl groups excluding tert-OH is 2.